The molecular formula is C29H36N6O3. The molecule has 1 aliphatic heterocycles. The van der Waals surface area contributed by atoms with E-state index in [0.29, 0.717) is 24.5 Å². The van der Waals surface area contributed by atoms with Crippen molar-refractivity contribution in [2.24, 2.45) is 0 Å². The van der Waals surface area contributed by atoms with Gasteiger partial charge >= 0.3 is 0 Å². The predicted octanol–water partition coefficient (Wildman–Crippen LogP) is 5.00. The summed E-state index contributed by atoms with van der Waals surface area (Å²) in [6.07, 6.45) is 9.45. The Kier molecular flexibility index (Phi) is 7.12. The van der Waals surface area contributed by atoms with Crippen LogP contribution in [0.15, 0.2) is 45.8 Å². The highest BCUT2D eigenvalue weighted by atomic mass is 16.5. The van der Waals surface area contributed by atoms with E-state index in [2.05, 4.69) is 44.5 Å². The van der Waals surface area contributed by atoms with Crippen LogP contribution >= 0.6 is 0 Å². The second-order valence-corrected chi connectivity index (χ2v) is 10.9. The van der Waals surface area contributed by atoms with Gasteiger partial charge in [0.15, 0.2) is 5.82 Å². The topological polar surface area (TPSA) is 102 Å². The van der Waals surface area contributed by atoms with Crippen molar-refractivity contribution in [3.63, 3.8) is 0 Å². The van der Waals surface area contributed by atoms with Gasteiger partial charge in [-0.25, -0.2) is 4.68 Å². The molecule has 6 rings (SSSR count). The van der Waals surface area contributed by atoms with Crippen LogP contribution < -0.4 is 5.56 Å². The number of aromatic amines is 1. The lowest BCUT2D eigenvalue weighted by molar-refractivity contribution is 0.0539. The first-order valence-corrected chi connectivity index (χ1v) is 13.9. The Bertz CT molecular complexity index is 1430. The third kappa shape index (κ3) is 5.05. The first-order chi connectivity index (χ1) is 18.6. The molecule has 0 spiro atoms. The molecule has 1 aliphatic carbocycles. The van der Waals surface area contributed by atoms with E-state index in [-0.39, 0.29) is 17.7 Å². The molecule has 4 aromatic rings. The zero-order valence-electron chi connectivity index (χ0n) is 22.2. The third-order valence-electron chi connectivity index (χ3n) is 8.07. The van der Waals surface area contributed by atoms with Crippen molar-refractivity contribution in [2.45, 2.75) is 83.5 Å². The summed E-state index contributed by atoms with van der Waals surface area (Å²) in [6.45, 7) is 6.04. The normalized spacial score (nSPS) is 19.5. The molecule has 0 amide bonds. The number of pyridine rings is 1. The number of tetrazole rings is 1. The Morgan fingerprint density at radius 2 is 2.00 bits per heavy atom. The van der Waals surface area contributed by atoms with Crippen LogP contribution in [0.2, 0.25) is 0 Å². The number of H-pyrrole nitrogens is 1. The molecule has 200 valence electrons. The van der Waals surface area contributed by atoms with Crippen molar-refractivity contribution < 1.29 is 9.15 Å². The highest BCUT2D eigenvalue weighted by Crippen LogP contribution is 2.35. The molecular weight excluding hydrogens is 480 g/mol. The van der Waals surface area contributed by atoms with Crippen molar-refractivity contribution in [3.8, 4) is 0 Å². The van der Waals surface area contributed by atoms with Crippen LogP contribution in [0.4, 0.5) is 0 Å². The van der Waals surface area contributed by atoms with Gasteiger partial charge in [-0.1, -0.05) is 30.9 Å². The average Bonchev–Trinajstić information content (AvgIpc) is 3.69. The number of aromatic nitrogens is 5. The smallest absolute Gasteiger partial charge is 0.253 e. The van der Waals surface area contributed by atoms with Crippen LogP contribution in [0.3, 0.4) is 0 Å². The molecule has 1 saturated heterocycles. The first-order valence-electron chi connectivity index (χ1n) is 13.9. The van der Waals surface area contributed by atoms with E-state index in [1.54, 1.807) is 6.26 Å². The summed E-state index contributed by atoms with van der Waals surface area (Å²) in [7, 11) is 0. The van der Waals surface area contributed by atoms with Gasteiger partial charge in [0.25, 0.3) is 5.56 Å². The fourth-order valence-electron chi connectivity index (χ4n) is 6.29. The van der Waals surface area contributed by atoms with Crippen LogP contribution in [0.1, 0.15) is 85.3 Å². The number of ether oxygens (including phenoxy) is 1. The van der Waals surface area contributed by atoms with Crippen molar-refractivity contribution in [1.29, 1.82) is 0 Å². The number of benzene rings is 1. The summed E-state index contributed by atoms with van der Waals surface area (Å²) in [6, 6.07) is 9.89. The number of nitrogens with one attached hydrogen (secondary N) is 1. The number of aryl methyl sites for hydroxylation is 2. The Balaban J connectivity index is 1.51. The van der Waals surface area contributed by atoms with Gasteiger partial charge in [0.05, 0.1) is 30.5 Å². The molecule has 4 heterocycles. The van der Waals surface area contributed by atoms with E-state index in [1.165, 1.54) is 6.42 Å². The predicted molar refractivity (Wildman–Crippen MR) is 144 cm³/mol. The van der Waals surface area contributed by atoms with Gasteiger partial charge in [0, 0.05) is 18.7 Å². The van der Waals surface area contributed by atoms with Crippen LogP contribution in [0.5, 0.6) is 0 Å². The standard InChI is InChI=1S/C29H36N6O3/c1-19-14-20(2)26-21(15-19)16-25(29(36)30-26)27(28-31-32-33-35(28)22-8-4-3-5-9-22)34(17-23-10-6-12-37-23)18-24-11-7-13-38-24/h6,10,12,14-16,22,24,27H,3-5,7-9,11,13,17-18H2,1-2H3,(H,30,36). The summed E-state index contributed by atoms with van der Waals surface area (Å²) in [5.41, 5.74) is 3.59. The van der Waals surface area contributed by atoms with E-state index in [4.69, 9.17) is 9.15 Å². The number of hydrogen-bond acceptors (Lipinski definition) is 7. The lowest BCUT2D eigenvalue weighted by Gasteiger charge is -2.33. The maximum atomic E-state index is 13.8. The molecule has 1 aromatic carbocycles. The SMILES string of the molecule is Cc1cc(C)c2[nH]c(=O)c(C(c3nnnn3C3CCCCC3)N(Cc3ccco3)CC3CCCO3)cc2c1. The minimum atomic E-state index is -0.463. The van der Waals surface area contributed by atoms with Crippen LogP contribution in [0.25, 0.3) is 10.9 Å². The van der Waals surface area contributed by atoms with E-state index in [9.17, 15) is 4.79 Å². The minimum absolute atomic E-state index is 0.0792. The largest absolute Gasteiger partial charge is 0.468 e. The minimum Gasteiger partial charge on any atom is -0.468 e. The number of fused-ring (bicyclic) bond motifs is 1. The van der Waals surface area contributed by atoms with Crippen molar-refractivity contribution in [2.75, 3.05) is 13.2 Å². The zero-order chi connectivity index (χ0) is 26.1. The first kappa shape index (κ1) is 25.0. The van der Waals surface area contributed by atoms with Gasteiger partial charge in [0.1, 0.15) is 11.8 Å². The van der Waals surface area contributed by atoms with E-state index >= 15 is 0 Å². The van der Waals surface area contributed by atoms with E-state index < -0.39 is 6.04 Å². The Morgan fingerprint density at radius 3 is 2.76 bits per heavy atom. The number of hydrogen-bond donors (Lipinski definition) is 1. The van der Waals surface area contributed by atoms with Gasteiger partial charge in [-0.05, 0) is 85.2 Å². The Morgan fingerprint density at radius 1 is 1.13 bits per heavy atom. The average molecular weight is 517 g/mol. The Labute approximate surface area is 222 Å². The van der Waals surface area contributed by atoms with Gasteiger partial charge < -0.3 is 14.1 Å². The van der Waals surface area contributed by atoms with Crippen molar-refractivity contribution in [1.82, 2.24) is 30.1 Å². The summed E-state index contributed by atoms with van der Waals surface area (Å²) < 4.78 is 13.8. The van der Waals surface area contributed by atoms with Crippen molar-refractivity contribution in [3.05, 3.63) is 75.2 Å². The maximum Gasteiger partial charge on any atom is 0.253 e. The number of rotatable bonds is 8. The molecule has 3 aromatic heterocycles. The molecule has 0 radical (unpaired) electrons. The quantitative estimate of drug-likeness (QED) is 0.352. The molecule has 2 fully saturated rings. The maximum absolute atomic E-state index is 13.8. The lowest BCUT2D eigenvalue weighted by Crippen LogP contribution is -2.39. The zero-order valence-corrected chi connectivity index (χ0v) is 22.2. The monoisotopic (exact) mass is 516 g/mol. The molecule has 2 aliphatic rings. The van der Waals surface area contributed by atoms with Gasteiger partial charge in [0.2, 0.25) is 0 Å². The van der Waals surface area contributed by atoms with Gasteiger partial charge in [-0.15, -0.1) is 5.10 Å². The highest BCUT2D eigenvalue weighted by molar-refractivity contribution is 5.83. The molecule has 38 heavy (non-hydrogen) atoms. The van der Waals surface area contributed by atoms with Crippen LogP contribution in [0, 0.1) is 13.8 Å². The number of nitrogens with zero attached hydrogens (tertiary/aromatic N) is 5. The molecule has 2 unspecified atom stereocenters. The summed E-state index contributed by atoms with van der Waals surface area (Å²) in [5.74, 6) is 1.53. The molecule has 0 bridgehead atoms. The van der Waals surface area contributed by atoms with E-state index in [0.717, 1.165) is 72.9 Å². The number of furan rings is 1. The highest BCUT2D eigenvalue weighted by Gasteiger charge is 2.35. The summed E-state index contributed by atoms with van der Waals surface area (Å²) >= 11 is 0. The fourth-order valence-corrected chi connectivity index (χ4v) is 6.29. The van der Waals surface area contributed by atoms with Crippen molar-refractivity contribution >= 4 is 10.9 Å². The molecule has 9 nitrogen and oxygen atoms in total. The summed E-state index contributed by atoms with van der Waals surface area (Å²) in [5, 5.41) is 14.2. The molecule has 1 N–H and O–H groups in total. The van der Waals surface area contributed by atoms with Gasteiger partial charge in [-0.3, -0.25) is 9.69 Å². The van der Waals surface area contributed by atoms with E-state index in [1.807, 2.05) is 29.8 Å². The fraction of sp³-hybridized carbons (Fsp3) is 0.517. The second-order valence-electron chi connectivity index (χ2n) is 10.9. The van der Waals surface area contributed by atoms with Gasteiger partial charge in [-0.2, -0.15) is 0 Å². The van der Waals surface area contributed by atoms with Crippen LogP contribution in [-0.4, -0.2) is 49.3 Å². The molecule has 1 saturated carbocycles. The summed E-state index contributed by atoms with van der Waals surface area (Å²) in [4.78, 5) is 19.3. The second kappa shape index (κ2) is 10.8. The molecule has 2 atom stereocenters. The lowest BCUT2D eigenvalue weighted by atomic mass is 9.94. The molecule has 9 heteroatoms. The third-order valence-corrected chi connectivity index (χ3v) is 8.07. The Hall–Kier alpha value is -3.30. The van der Waals surface area contributed by atoms with Crippen LogP contribution in [-0.2, 0) is 11.3 Å².